The van der Waals surface area contributed by atoms with E-state index in [4.69, 9.17) is 0 Å². The SMILES string of the molecule is CC(C)=CCNC1CCN(C2CC2)C1. The molecule has 1 saturated heterocycles. The summed E-state index contributed by atoms with van der Waals surface area (Å²) >= 11 is 0. The van der Waals surface area contributed by atoms with Gasteiger partial charge < -0.3 is 5.32 Å². The van der Waals surface area contributed by atoms with E-state index in [1.54, 1.807) is 0 Å². The van der Waals surface area contributed by atoms with Gasteiger partial charge in [-0.3, -0.25) is 4.90 Å². The second-order valence-electron chi connectivity index (χ2n) is 4.90. The van der Waals surface area contributed by atoms with Crippen molar-refractivity contribution in [2.75, 3.05) is 19.6 Å². The van der Waals surface area contributed by atoms with Crippen LogP contribution in [0.25, 0.3) is 0 Å². The molecule has 0 aromatic rings. The van der Waals surface area contributed by atoms with Crippen molar-refractivity contribution in [2.45, 2.75) is 45.2 Å². The molecule has 2 fully saturated rings. The lowest BCUT2D eigenvalue weighted by molar-refractivity contribution is 0.319. The van der Waals surface area contributed by atoms with Crippen molar-refractivity contribution >= 4 is 0 Å². The number of hydrogen-bond donors (Lipinski definition) is 1. The first-order valence-corrected chi connectivity index (χ1v) is 5.86. The van der Waals surface area contributed by atoms with E-state index >= 15 is 0 Å². The molecule has 1 saturated carbocycles. The van der Waals surface area contributed by atoms with Gasteiger partial charge in [-0.25, -0.2) is 0 Å². The summed E-state index contributed by atoms with van der Waals surface area (Å²) in [5.74, 6) is 0. The average molecular weight is 194 g/mol. The lowest BCUT2D eigenvalue weighted by Gasteiger charge is -2.15. The predicted molar refractivity (Wildman–Crippen MR) is 60.4 cm³/mol. The number of nitrogens with one attached hydrogen (secondary N) is 1. The minimum absolute atomic E-state index is 0.742. The first-order valence-electron chi connectivity index (χ1n) is 5.86. The Labute approximate surface area is 87.4 Å². The minimum atomic E-state index is 0.742. The first-order chi connectivity index (χ1) is 6.75. The van der Waals surface area contributed by atoms with Gasteiger partial charge in [0.25, 0.3) is 0 Å². The molecular formula is C12H22N2. The van der Waals surface area contributed by atoms with E-state index in [0.717, 1.165) is 18.6 Å². The molecule has 1 heterocycles. The van der Waals surface area contributed by atoms with Crippen LogP contribution in [-0.2, 0) is 0 Å². The molecule has 1 atom stereocenters. The minimum Gasteiger partial charge on any atom is -0.309 e. The smallest absolute Gasteiger partial charge is 0.0210 e. The van der Waals surface area contributed by atoms with Crippen molar-refractivity contribution in [1.29, 1.82) is 0 Å². The molecule has 2 rings (SSSR count). The monoisotopic (exact) mass is 194 g/mol. The van der Waals surface area contributed by atoms with Gasteiger partial charge >= 0.3 is 0 Å². The second-order valence-corrected chi connectivity index (χ2v) is 4.90. The van der Waals surface area contributed by atoms with E-state index in [1.165, 1.54) is 37.9 Å². The lowest BCUT2D eigenvalue weighted by atomic mass is 10.2. The highest BCUT2D eigenvalue weighted by molar-refractivity contribution is 4.97. The van der Waals surface area contributed by atoms with Crippen LogP contribution in [-0.4, -0.2) is 36.6 Å². The van der Waals surface area contributed by atoms with Crippen LogP contribution in [0.2, 0.25) is 0 Å². The van der Waals surface area contributed by atoms with E-state index in [9.17, 15) is 0 Å². The molecule has 0 bridgehead atoms. The first kappa shape index (κ1) is 10.2. The van der Waals surface area contributed by atoms with E-state index in [2.05, 4.69) is 30.1 Å². The standard InChI is InChI=1S/C12H22N2/c1-10(2)5-7-13-11-6-8-14(9-11)12-3-4-12/h5,11-13H,3-4,6-9H2,1-2H3. The molecule has 0 aromatic carbocycles. The van der Waals surface area contributed by atoms with Gasteiger partial charge in [0.15, 0.2) is 0 Å². The Kier molecular flexibility index (Phi) is 3.24. The van der Waals surface area contributed by atoms with Crippen LogP contribution in [0.5, 0.6) is 0 Å². The summed E-state index contributed by atoms with van der Waals surface area (Å²) in [6.45, 7) is 7.96. The van der Waals surface area contributed by atoms with Gasteiger partial charge in [0.2, 0.25) is 0 Å². The Morgan fingerprint density at radius 1 is 1.36 bits per heavy atom. The molecule has 0 amide bonds. The van der Waals surface area contributed by atoms with Gasteiger partial charge in [0.05, 0.1) is 0 Å². The van der Waals surface area contributed by atoms with Crippen molar-refractivity contribution in [3.63, 3.8) is 0 Å². The molecule has 1 unspecified atom stereocenters. The Bertz CT molecular complexity index is 214. The summed E-state index contributed by atoms with van der Waals surface area (Å²) in [6, 6.07) is 1.69. The van der Waals surface area contributed by atoms with Gasteiger partial charge in [0, 0.05) is 31.7 Å². The number of likely N-dealkylation sites (tertiary alicyclic amines) is 1. The lowest BCUT2D eigenvalue weighted by Crippen LogP contribution is -2.33. The Morgan fingerprint density at radius 3 is 2.79 bits per heavy atom. The zero-order valence-electron chi connectivity index (χ0n) is 9.42. The molecule has 2 heteroatoms. The third kappa shape index (κ3) is 2.82. The largest absolute Gasteiger partial charge is 0.309 e. The quantitative estimate of drug-likeness (QED) is 0.686. The maximum atomic E-state index is 3.61. The van der Waals surface area contributed by atoms with Crippen LogP contribution in [0.4, 0.5) is 0 Å². The molecule has 1 aliphatic heterocycles. The van der Waals surface area contributed by atoms with E-state index in [-0.39, 0.29) is 0 Å². The Balaban J connectivity index is 1.65. The number of allylic oxidation sites excluding steroid dienone is 1. The van der Waals surface area contributed by atoms with Gasteiger partial charge in [-0.05, 0) is 33.1 Å². The van der Waals surface area contributed by atoms with Crippen LogP contribution in [0.1, 0.15) is 33.1 Å². The highest BCUT2D eigenvalue weighted by atomic mass is 15.2. The van der Waals surface area contributed by atoms with Crippen LogP contribution < -0.4 is 5.32 Å². The molecule has 14 heavy (non-hydrogen) atoms. The van der Waals surface area contributed by atoms with Crippen molar-refractivity contribution in [2.24, 2.45) is 0 Å². The Morgan fingerprint density at radius 2 is 2.14 bits per heavy atom. The summed E-state index contributed by atoms with van der Waals surface area (Å²) in [6.07, 6.45) is 6.51. The van der Waals surface area contributed by atoms with E-state index in [0.29, 0.717) is 0 Å². The van der Waals surface area contributed by atoms with Crippen LogP contribution >= 0.6 is 0 Å². The predicted octanol–water partition coefficient (Wildman–Crippen LogP) is 1.78. The number of nitrogens with zero attached hydrogens (tertiary/aromatic N) is 1. The molecule has 0 spiro atoms. The zero-order valence-corrected chi connectivity index (χ0v) is 9.42. The molecular weight excluding hydrogens is 172 g/mol. The fourth-order valence-electron chi connectivity index (χ4n) is 2.15. The molecule has 2 aliphatic rings. The maximum absolute atomic E-state index is 3.61. The van der Waals surface area contributed by atoms with Crippen molar-refractivity contribution in [3.8, 4) is 0 Å². The molecule has 1 N–H and O–H groups in total. The maximum Gasteiger partial charge on any atom is 0.0210 e. The third-order valence-corrected chi connectivity index (χ3v) is 3.20. The molecule has 0 aromatic heterocycles. The molecule has 2 nitrogen and oxygen atoms in total. The van der Waals surface area contributed by atoms with Gasteiger partial charge in [-0.2, -0.15) is 0 Å². The molecule has 80 valence electrons. The number of hydrogen-bond acceptors (Lipinski definition) is 2. The topological polar surface area (TPSA) is 15.3 Å². The summed E-state index contributed by atoms with van der Waals surface area (Å²) in [4.78, 5) is 2.65. The summed E-state index contributed by atoms with van der Waals surface area (Å²) in [5.41, 5.74) is 1.41. The van der Waals surface area contributed by atoms with Crippen LogP contribution in [0.3, 0.4) is 0 Å². The average Bonchev–Trinajstić information content (AvgIpc) is 2.87. The third-order valence-electron chi connectivity index (χ3n) is 3.20. The number of rotatable bonds is 4. The fraction of sp³-hybridized carbons (Fsp3) is 0.833. The molecule has 0 radical (unpaired) electrons. The van der Waals surface area contributed by atoms with Gasteiger partial charge in [-0.1, -0.05) is 11.6 Å². The normalized spacial score (nSPS) is 28.0. The highest BCUT2D eigenvalue weighted by Gasteiger charge is 2.33. The van der Waals surface area contributed by atoms with E-state index < -0.39 is 0 Å². The van der Waals surface area contributed by atoms with Crippen LogP contribution in [0.15, 0.2) is 11.6 Å². The van der Waals surface area contributed by atoms with Gasteiger partial charge in [0.1, 0.15) is 0 Å². The van der Waals surface area contributed by atoms with Crippen molar-refractivity contribution in [3.05, 3.63) is 11.6 Å². The second kappa shape index (κ2) is 4.45. The fourth-order valence-corrected chi connectivity index (χ4v) is 2.15. The zero-order chi connectivity index (χ0) is 9.97. The Hall–Kier alpha value is -0.340. The van der Waals surface area contributed by atoms with Crippen LogP contribution in [0, 0.1) is 0 Å². The summed E-state index contributed by atoms with van der Waals surface area (Å²) in [5, 5.41) is 3.61. The highest BCUT2D eigenvalue weighted by Crippen LogP contribution is 2.29. The van der Waals surface area contributed by atoms with E-state index in [1.807, 2.05) is 0 Å². The van der Waals surface area contributed by atoms with Gasteiger partial charge in [-0.15, -0.1) is 0 Å². The van der Waals surface area contributed by atoms with Crippen molar-refractivity contribution < 1.29 is 0 Å². The van der Waals surface area contributed by atoms with Crippen molar-refractivity contribution in [1.82, 2.24) is 10.2 Å². The summed E-state index contributed by atoms with van der Waals surface area (Å²) < 4.78 is 0. The molecule has 1 aliphatic carbocycles. The summed E-state index contributed by atoms with van der Waals surface area (Å²) in [7, 11) is 0.